The molecule has 6 nitrogen and oxygen atoms in total. The molecule has 0 radical (unpaired) electrons. The molecule has 256 valence electrons. The molecule has 2 aliphatic heterocycles. The lowest BCUT2D eigenvalue weighted by Crippen LogP contribution is -2.40. The SMILES string of the molecule is CC(CC(C)OP1N(c2ccccc2)C2CCCCC2N1c1ccccc1)OP1N(c2ccccc2)C2CCCCC2N1c1ccccc1. The molecule has 8 heteroatoms. The van der Waals surface area contributed by atoms with Crippen LogP contribution in [0.15, 0.2) is 121 Å². The van der Waals surface area contributed by atoms with Crippen LogP contribution in [-0.2, 0) is 9.05 Å². The molecule has 2 heterocycles. The minimum absolute atomic E-state index is 0.0221. The topological polar surface area (TPSA) is 31.4 Å². The molecule has 2 saturated carbocycles. The van der Waals surface area contributed by atoms with E-state index in [1.807, 2.05) is 0 Å². The molecule has 49 heavy (non-hydrogen) atoms. The third-order valence-electron chi connectivity index (χ3n) is 10.7. The highest BCUT2D eigenvalue weighted by Gasteiger charge is 2.52. The Morgan fingerprint density at radius 3 is 0.939 bits per heavy atom. The van der Waals surface area contributed by atoms with Crippen molar-refractivity contribution in [3.05, 3.63) is 121 Å². The van der Waals surface area contributed by atoms with Gasteiger partial charge in [-0.05, 0) is 88.1 Å². The van der Waals surface area contributed by atoms with E-state index in [0.29, 0.717) is 24.2 Å². The van der Waals surface area contributed by atoms with E-state index in [2.05, 4.69) is 154 Å². The first-order valence-electron chi connectivity index (χ1n) is 18.5. The molecule has 0 amide bonds. The summed E-state index contributed by atoms with van der Waals surface area (Å²) < 4.78 is 25.2. The van der Waals surface area contributed by atoms with Gasteiger partial charge in [-0.25, -0.2) is 0 Å². The van der Waals surface area contributed by atoms with Crippen LogP contribution >= 0.6 is 16.9 Å². The molecule has 4 aliphatic rings. The van der Waals surface area contributed by atoms with Crippen molar-refractivity contribution in [3.63, 3.8) is 0 Å². The van der Waals surface area contributed by atoms with Gasteiger partial charge in [0, 0.05) is 29.2 Å². The van der Waals surface area contributed by atoms with E-state index in [-0.39, 0.29) is 12.2 Å². The van der Waals surface area contributed by atoms with Crippen molar-refractivity contribution in [1.29, 1.82) is 0 Å². The normalized spacial score (nSPS) is 27.9. The predicted octanol–water partition coefficient (Wildman–Crippen LogP) is 11.3. The van der Waals surface area contributed by atoms with Crippen molar-refractivity contribution in [1.82, 2.24) is 0 Å². The Hall–Kier alpha value is -3.14. The molecule has 0 spiro atoms. The summed E-state index contributed by atoms with van der Waals surface area (Å²) >= 11 is 0. The van der Waals surface area contributed by atoms with Crippen LogP contribution in [0, 0.1) is 0 Å². The van der Waals surface area contributed by atoms with Crippen LogP contribution in [0.1, 0.15) is 71.6 Å². The van der Waals surface area contributed by atoms with Crippen LogP contribution in [0.3, 0.4) is 0 Å². The minimum Gasteiger partial charge on any atom is -0.319 e. The molecule has 6 atom stereocenters. The summed E-state index contributed by atoms with van der Waals surface area (Å²) in [6.45, 7) is 4.53. The number of benzene rings is 4. The summed E-state index contributed by atoms with van der Waals surface area (Å²) in [4.78, 5) is 0. The van der Waals surface area contributed by atoms with Crippen LogP contribution in [-0.4, -0.2) is 36.4 Å². The lowest BCUT2D eigenvalue weighted by atomic mass is 9.90. The van der Waals surface area contributed by atoms with Crippen LogP contribution in [0.25, 0.3) is 0 Å². The summed E-state index contributed by atoms with van der Waals surface area (Å²) in [5.74, 6) is 0. The molecule has 8 rings (SSSR count). The molecular formula is C41H50N4O2P2. The monoisotopic (exact) mass is 692 g/mol. The van der Waals surface area contributed by atoms with E-state index in [9.17, 15) is 0 Å². The maximum absolute atomic E-state index is 7.31. The van der Waals surface area contributed by atoms with Crippen molar-refractivity contribution in [2.24, 2.45) is 0 Å². The fourth-order valence-electron chi connectivity index (χ4n) is 8.60. The molecule has 0 N–H and O–H groups in total. The van der Waals surface area contributed by atoms with Crippen LogP contribution in [0.5, 0.6) is 0 Å². The van der Waals surface area contributed by atoms with Crippen LogP contribution in [0.2, 0.25) is 0 Å². The number of anilines is 4. The van der Waals surface area contributed by atoms with Gasteiger partial charge in [-0.3, -0.25) is 0 Å². The van der Waals surface area contributed by atoms with Gasteiger partial charge in [0.1, 0.15) is 0 Å². The van der Waals surface area contributed by atoms with Gasteiger partial charge in [0.2, 0.25) is 16.9 Å². The molecule has 2 aliphatic carbocycles. The zero-order valence-corrected chi connectivity index (χ0v) is 30.7. The summed E-state index contributed by atoms with van der Waals surface area (Å²) in [6, 6.07) is 45.8. The molecule has 4 aromatic carbocycles. The van der Waals surface area contributed by atoms with Gasteiger partial charge >= 0.3 is 0 Å². The van der Waals surface area contributed by atoms with Crippen molar-refractivity contribution in [2.75, 3.05) is 18.7 Å². The van der Waals surface area contributed by atoms with E-state index in [4.69, 9.17) is 9.05 Å². The third kappa shape index (κ3) is 6.71. The second-order valence-electron chi connectivity index (χ2n) is 14.1. The second-order valence-corrected chi connectivity index (χ2v) is 17.3. The van der Waals surface area contributed by atoms with Crippen LogP contribution in [0.4, 0.5) is 22.7 Å². The van der Waals surface area contributed by atoms with E-state index in [1.54, 1.807) is 0 Å². The Balaban J connectivity index is 1.07. The predicted molar refractivity (Wildman–Crippen MR) is 207 cm³/mol. The number of hydrogen-bond donors (Lipinski definition) is 0. The third-order valence-corrected chi connectivity index (χ3v) is 15.4. The van der Waals surface area contributed by atoms with Crippen LogP contribution < -0.4 is 18.7 Å². The number of para-hydroxylation sites is 4. The molecule has 6 unspecified atom stereocenters. The van der Waals surface area contributed by atoms with E-state index < -0.39 is 16.9 Å². The Morgan fingerprint density at radius 2 is 0.694 bits per heavy atom. The van der Waals surface area contributed by atoms with Gasteiger partial charge in [-0.15, -0.1) is 0 Å². The van der Waals surface area contributed by atoms with E-state index in [0.717, 1.165) is 6.42 Å². The lowest BCUT2D eigenvalue weighted by Gasteiger charge is -2.36. The fourth-order valence-corrected chi connectivity index (χ4v) is 13.7. The number of nitrogens with zero attached hydrogens (tertiary/aromatic N) is 4. The van der Waals surface area contributed by atoms with Gasteiger partial charge in [-0.1, -0.05) is 98.5 Å². The molecule has 4 fully saturated rings. The Labute approximate surface area is 295 Å². The van der Waals surface area contributed by atoms with Crippen molar-refractivity contribution >= 4 is 39.6 Å². The van der Waals surface area contributed by atoms with Gasteiger partial charge in [0.25, 0.3) is 0 Å². The summed E-state index contributed by atoms with van der Waals surface area (Å²) in [7, 11) is -2.13. The van der Waals surface area contributed by atoms with E-state index in [1.165, 1.54) is 74.1 Å². The fraction of sp³-hybridized carbons (Fsp3) is 0.415. The van der Waals surface area contributed by atoms with Crippen molar-refractivity contribution in [3.8, 4) is 0 Å². The first-order chi connectivity index (χ1) is 24.2. The molecular weight excluding hydrogens is 642 g/mol. The maximum Gasteiger partial charge on any atom is 0.249 e. The standard InChI is InChI=1S/C41H50N4O2P2/c1-32(46-48-42(34-19-7-3-8-20-34)38-27-15-16-28-39(38)43(48)35-21-9-4-10-22-35)31-33(2)47-49-44(36-23-11-5-12-24-36)40-29-17-18-30-41(40)45(49)37-25-13-6-14-26-37/h3-14,19-26,32-33,38-41H,15-18,27-31H2,1-2H3. The first-order valence-corrected chi connectivity index (χ1v) is 20.8. The number of rotatable bonds is 10. The highest BCUT2D eigenvalue weighted by molar-refractivity contribution is 7.57. The molecule has 4 aromatic rings. The molecule has 0 aromatic heterocycles. The summed E-state index contributed by atoms with van der Waals surface area (Å²) in [5, 5.41) is 0. The Kier molecular flexibility index (Phi) is 10.1. The Morgan fingerprint density at radius 1 is 0.449 bits per heavy atom. The number of fused-ring (bicyclic) bond motifs is 2. The smallest absolute Gasteiger partial charge is 0.249 e. The second kappa shape index (κ2) is 15.0. The first kappa shape index (κ1) is 33.0. The van der Waals surface area contributed by atoms with Crippen molar-refractivity contribution in [2.45, 2.75) is 108 Å². The van der Waals surface area contributed by atoms with Crippen molar-refractivity contribution < 1.29 is 9.05 Å². The largest absolute Gasteiger partial charge is 0.319 e. The highest BCUT2D eigenvalue weighted by Crippen LogP contribution is 2.63. The highest BCUT2D eigenvalue weighted by atomic mass is 31.2. The maximum atomic E-state index is 7.31. The average Bonchev–Trinajstić information content (AvgIpc) is 3.64. The zero-order valence-electron chi connectivity index (χ0n) is 28.9. The molecule has 2 saturated heterocycles. The minimum atomic E-state index is -1.07. The van der Waals surface area contributed by atoms with E-state index >= 15 is 0 Å². The summed E-state index contributed by atoms with van der Waals surface area (Å²) in [5.41, 5.74) is 5.09. The average molecular weight is 693 g/mol. The van der Waals surface area contributed by atoms with Gasteiger partial charge in [-0.2, -0.15) is 0 Å². The lowest BCUT2D eigenvalue weighted by molar-refractivity contribution is 0.150. The Bertz CT molecular complexity index is 1390. The number of hydrogen-bond acceptors (Lipinski definition) is 6. The van der Waals surface area contributed by atoms with Gasteiger partial charge in [0.15, 0.2) is 0 Å². The quantitative estimate of drug-likeness (QED) is 0.154. The van der Waals surface area contributed by atoms with Gasteiger partial charge in [0.05, 0.1) is 36.4 Å². The summed E-state index contributed by atoms with van der Waals surface area (Å²) in [6.07, 6.45) is 10.8. The molecule has 0 bridgehead atoms. The zero-order chi connectivity index (χ0) is 33.2. The van der Waals surface area contributed by atoms with Gasteiger partial charge < -0.3 is 27.7 Å².